The molecule has 0 bridgehead atoms. The Morgan fingerprint density at radius 1 is 1.29 bits per heavy atom. The number of nitrogens with one attached hydrogen (secondary N) is 1. The molecule has 0 radical (unpaired) electrons. The van der Waals surface area contributed by atoms with Gasteiger partial charge in [-0.25, -0.2) is 0 Å². The first-order valence-electron chi connectivity index (χ1n) is 8.64. The number of pyridine rings is 1. The van der Waals surface area contributed by atoms with E-state index in [2.05, 4.69) is 61.9 Å². The Labute approximate surface area is 145 Å². The average Bonchev–Trinajstić information content (AvgIpc) is 2.54. The lowest BCUT2D eigenvalue weighted by Gasteiger charge is -2.33. The van der Waals surface area contributed by atoms with Crippen LogP contribution in [0.25, 0.3) is 10.8 Å². The van der Waals surface area contributed by atoms with Crippen molar-refractivity contribution in [2.45, 2.75) is 40.0 Å². The van der Waals surface area contributed by atoms with Gasteiger partial charge in [-0.2, -0.15) is 0 Å². The number of benzene rings is 1. The summed E-state index contributed by atoms with van der Waals surface area (Å²) < 4.78 is 0. The molecule has 2 heteroatoms. The maximum atomic E-state index is 4.18. The second-order valence-corrected chi connectivity index (χ2v) is 7.32. The van der Waals surface area contributed by atoms with Gasteiger partial charge in [-0.1, -0.05) is 44.2 Å². The number of fused-ring (bicyclic) bond motifs is 1. The highest BCUT2D eigenvalue weighted by molar-refractivity contribution is 5.93. The van der Waals surface area contributed by atoms with Gasteiger partial charge < -0.3 is 5.32 Å². The molecule has 1 aromatic heterocycles. The first-order valence-corrected chi connectivity index (χ1v) is 8.64. The highest BCUT2D eigenvalue weighted by Crippen LogP contribution is 2.40. The Kier molecular flexibility index (Phi) is 4.57. The van der Waals surface area contributed by atoms with Crippen LogP contribution in [0.3, 0.4) is 0 Å². The maximum absolute atomic E-state index is 4.18. The van der Waals surface area contributed by atoms with Crippen LogP contribution in [0.4, 0.5) is 5.69 Å². The molecule has 1 aliphatic rings. The summed E-state index contributed by atoms with van der Waals surface area (Å²) in [7, 11) is 0. The van der Waals surface area contributed by atoms with Crippen LogP contribution in [0, 0.1) is 5.41 Å². The van der Waals surface area contributed by atoms with E-state index in [1.54, 1.807) is 0 Å². The molecular weight excluding hydrogens is 292 g/mol. The van der Waals surface area contributed by atoms with Crippen LogP contribution in [-0.4, -0.2) is 4.98 Å². The van der Waals surface area contributed by atoms with Gasteiger partial charge in [0.2, 0.25) is 0 Å². The van der Waals surface area contributed by atoms with E-state index in [9.17, 15) is 0 Å². The molecule has 1 aromatic carbocycles. The van der Waals surface area contributed by atoms with Gasteiger partial charge in [-0.05, 0) is 55.4 Å². The van der Waals surface area contributed by atoms with E-state index in [-0.39, 0.29) is 5.41 Å². The Bertz CT molecular complexity index is 819. The molecule has 24 heavy (non-hydrogen) atoms. The molecule has 0 saturated carbocycles. The fraction of sp³-hybridized carbons (Fsp3) is 0.318. The molecule has 0 unspecified atom stereocenters. The lowest BCUT2D eigenvalue weighted by Crippen LogP contribution is -2.19. The zero-order valence-electron chi connectivity index (χ0n) is 14.9. The van der Waals surface area contributed by atoms with Crippen molar-refractivity contribution in [2.75, 3.05) is 5.32 Å². The fourth-order valence-electron chi connectivity index (χ4n) is 3.64. The number of hydrogen-bond donors (Lipinski definition) is 1. The van der Waals surface area contributed by atoms with Crippen molar-refractivity contribution in [3.05, 3.63) is 72.2 Å². The SMILES string of the molecule is C=C(/C=C/C1=C(C)CCCC1(C)C)Nc1cccc2cnccc12. The summed E-state index contributed by atoms with van der Waals surface area (Å²) in [6.45, 7) is 11.1. The summed E-state index contributed by atoms with van der Waals surface area (Å²) >= 11 is 0. The van der Waals surface area contributed by atoms with E-state index in [4.69, 9.17) is 0 Å². The molecule has 124 valence electrons. The Morgan fingerprint density at radius 2 is 2.12 bits per heavy atom. The minimum absolute atomic E-state index is 0.254. The van der Waals surface area contributed by atoms with Crippen LogP contribution in [-0.2, 0) is 0 Å². The van der Waals surface area contributed by atoms with Gasteiger partial charge in [-0.15, -0.1) is 0 Å². The molecule has 0 spiro atoms. The van der Waals surface area contributed by atoms with Crippen molar-refractivity contribution in [3.8, 4) is 0 Å². The van der Waals surface area contributed by atoms with Gasteiger partial charge >= 0.3 is 0 Å². The predicted molar refractivity (Wildman–Crippen MR) is 104 cm³/mol. The van der Waals surface area contributed by atoms with Crippen LogP contribution in [0.5, 0.6) is 0 Å². The third-order valence-corrected chi connectivity index (χ3v) is 4.97. The van der Waals surface area contributed by atoms with E-state index < -0.39 is 0 Å². The van der Waals surface area contributed by atoms with Crippen LogP contribution in [0.2, 0.25) is 0 Å². The standard InChI is InChI=1S/C22H26N2/c1-16-7-6-13-22(3,4)20(16)11-10-17(2)24-21-9-5-8-18-15-23-14-12-19(18)21/h5,8-12,14-15,24H,2,6-7,13H2,1,3-4H3/b11-10+. The van der Waals surface area contributed by atoms with Gasteiger partial charge in [-0.3, -0.25) is 4.98 Å². The number of nitrogens with zero attached hydrogens (tertiary/aromatic N) is 1. The molecule has 0 aliphatic heterocycles. The van der Waals surface area contributed by atoms with Crippen LogP contribution in [0.1, 0.15) is 40.0 Å². The summed E-state index contributed by atoms with van der Waals surface area (Å²) in [6.07, 6.45) is 11.8. The van der Waals surface area contributed by atoms with Crippen molar-refractivity contribution in [1.82, 2.24) is 4.98 Å². The molecule has 0 amide bonds. The zero-order valence-corrected chi connectivity index (χ0v) is 14.9. The van der Waals surface area contributed by atoms with Gasteiger partial charge in [0.05, 0.1) is 0 Å². The normalized spacial score (nSPS) is 17.5. The number of rotatable bonds is 4. The van der Waals surface area contributed by atoms with Gasteiger partial charge in [0.15, 0.2) is 0 Å². The quantitative estimate of drug-likeness (QED) is 0.675. The molecule has 1 heterocycles. The summed E-state index contributed by atoms with van der Waals surface area (Å²) in [4.78, 5) is 4.18. The van der Waals surface area contributed by atoms with Gasteiger partial charge in [0.1, 0.15) is 0 Å². The van der Waals surface area contributed by atoms with Gasteiger partial charge in [0.25, 0.3) is 0 Å². The monoisotopic (exact) mass is 318 g/mol. The Hall–Kier alpha value is -2.35. The van der Waals surface area contributed by atoms with Crippen LogP contribution >= 0.6 is 0 Å². The highest BCUT2D eigenvalue weighted by Gasteiger charge is 2.26. The van der Waals surface area contributed by atoms with Crippen molar-refractivity contribution in [3.63, 3.8) is 0 Å². The lowest BCUT2D eigenvalue weighted by molar-refractivity contribution is 0.377. The van der Waals surface area contributed by atoms with Crippen molar-refractivity contribution >= 4 is 16.5 Å². The highest BCUT2D eigenvalue weighted by atomic mass is 14.9. The van der Waals surface area contributed by atoms with E-state index in [0.29, 0.717) is 0 Å². The largest absolute Gasteiger partial charge is 0.356 e. The molecule has 0 atom stereocenters. The number of aromatic nitrogens is 1. The molecule has 0 fully saturated rings. The van der Waals surface area contributed by atoms with E-state index in [1.165, 1.54) is 30.4 Å². The van der Waals surface area contributed by atoms with E-state index in [0.717, 1.165) is 22.2 Å². The average molecular weight is 318 g/mol. The first-order chi connectivity index (χ1) is 11.5. The second-order valence-electron chi connectivity index (χ2n) is 7.32. The van der Waals surface area contributed by atoms with E-state index in [1.807, 2.05) is 24.5 Å². The maximum Gasteiger partial charge on any atom is 0.0464 e. The fourth-order valence-corrected chi connectivity index (χ4v) is 3.64. The molecule has 3 rings (SSSR count). The first kappa shape index (κ1) is 16.5. The van der Waals surface area contributed by atoms with Crippen molar-refractivity contribution in [1.29, 1.82) is 0 Å². The molecule has 2 aromatic rings. The number of hydrogen-bond acceptors (Lipinski definition) is 2. The summed E-state index contributed by atoms with van der Waals surface area (Å²) in [5.41, 5.74) is 5.19. The molecule has 0 saturated heterocycles. The summed E-state index contributed by atoms with van der Waals surface area (Å²) in [6, 6.07) is 8.23. The molecular formula is C22H26N2. The molecule has 1 N–H and O–H groups in total. The minimum Gasteiger partial charge on any atom is -0.356 e. The second kappa shape index (κ2) is 6.64. The zero-order chi connectivity index (χ0) is 17.2. The Balaban J connectivity index is 1.80. The summed E-state index contributed by atoms with van der Waals surface area (Å²) in [5.74, 6) is 0. The Morgan fingerprint density at radius 3 is 2.92 bits per heavy atom. The topological polar surface area (TPSA) is 24.9 Å². The summed E-state index contributed by atoms with van der Waals surface area (Å²) in [5, 5.41) is 5.73. The smallest absolute Gasteiger partial charge is 0.0464 e. The third-order valence-electron chi connectivity index (χ3n) is 4.97. The van der Waals surface area contributed by atoms with E-state index >= 15 is 0 Å². The predicted octanol–water partition coefficient (Wildman–Crippen LogP) is 6.24. The van der Waals surface area contributed by atoms with Crippen LogP contribution < -0.4 is 5.32 Å². The number of allylic oxidation sites excluding steroid dienone is 4. The molecule has 2 nitrogen and oxygen atoms in total. The third kappa shape index (κ3) is 3.43. The number of anilines is 1. The minimum atomic E-state index is 0.254. The van der Waals surface area contributed by atoms with Crippen molar-refractivity contribution < 1.29 is 0 Å². The molecule has 1 aliphatic carbocycles. The lowest BCUT2D eigenvalue weighted by atomic mass is 9.72. The van der Waals surface area contributed by atoms with Gasteiger partial charge in [0, 0.05) is 34.6 Å². The van der Waals surface area contributed by atoms with Crippen molar-refractivity contribution in [2.24, 2.45) is 5.41 Å². The van der Waals surface area contributed by atoms with Crippen LogP contribution in [0.15, 0.2) is 72.2 Å².